The predicted octanol–water partition coefficient (Wildman–Crippen LogP) is 39.5. The minimum Gasteiger partial charge on any atom is -0.470 e. The van der Waals surface area contributed by atoms with Gasteiger partial charge in [0, 0.05) is 119 Å². The Morgan fingerprint density at radius 2 is 0.635 bits per heavy atom. The number of benzene rings is 1. The highest BCUT2D eigenvalue weighted by atomic mass is 32.1. The van der Waals surface area contributed by atoms with Crippen LogP contribution >= 0.6 is 68.0 Å². The molecule has 0 N–H and O–H groups in total. The molecule has 0 unspecified atom stereocenters. The van der Waals surface area contributed by atoms with Gasteiger partial charge in [0.05, 0.1) is 16.8 Å². The van der Waals surface area contributed by atoms with Crippen molar-refractivity contribution < 1.29 is 4.42 Å². The molecule has 126 heavy (non-hydrogen) atoms. The van der Waals surface area contributed by atoms with Gasteiger partial charge in [0.25, 0.3) is 0 Å². The summed E-state index contributed by atoms with van der Waals surface area (Å²) in [6.45, 7) is 113. The van der Waals surface area contributed by atoms with Crippen LogP contribution < -0.4 is 0 Å². The number of thiophene rings is 4. The average molecular weight is 1860 g/mol. The molecule has 11 aromatic heterocycles. The van der Waals surface area contributed by atoms with Crippen molar-refractivity contribution in [3.63, 3.8) is 0 Å². The molecule has 0 aliphatic rings. The van der Waals surface area contributed by atoms with E-state index in [1.54, 1.807) is 108 Å². The summed E-state index contributed by atoms with van der Waals surface area (Å²) in [5.74, 6) is 1.80. The lowest BCUT2D eigenvalue weighted by molar-refractivity contribution is 0.469. The van der Waals surface area contributed by atoms with Crippen LogP contribution in [0.2, 0.25) is 0 Å². The van der Waals surface area contributed by atoms with E-state index in [0.717, 1.165) is 23.2 Å². The molecule has 10 nitrogen and oxygen atoms in total. The lowest BCUT2D eigenvalue weighted by Gasteiger charge is -2.05. The maximum atomic E-state index is 4.83. The van der Waals surface area contributed by atoms with E-state index in [1.807, 2.05) is 156 Å². The van der Waals surface area contributed by atoms with Crippen molar-refractivity contribution in [2.24, 2.45) is 81.2 Å². The fraction of sp³-hybridized carbons (Fsp3) is 0.609. The van der Waals surface area contributed by atoms with Gasteiger partial charge < -0.3 is 8.98 Å². The van der Waals surface area contributed by atoms with Gasteiger partial charge in [-0.3, -0.25) is 24.0 Å². The molecule has 0 aliphatic heterocycles. The van der Waals surface area contributed by atoms with E-state index >= 15 is 0 Å². The van der Waals surface area contributed by atoms with Crippen LogP contribution in [0.25, 0.3) is 10.1 Å². The Morgan fingerprint density at radius 1 is 0.317 bits per heavy atom. The molecular formula is C110H203N9OS6. The summed E-state index contributed by atoms with van der Waals surface area (Å²) in [5.41, 5.74) is 6.83. The van der Waals surface area contributed by atoms with E-state index in [1.165, 1.54) is 29.6 Å². The summed E-state index contributed by atoms with van der Waals surface area (Å²) in [6.07, 6.45) is 20.3. The number of hydrogen-bond donors (Lipinski definition) is 0. The minimum atomic E-state index is 0.500. The molecule has 1 aromatic carbocycles. The predicted molar refractivity (Wildman–Crippen MR) is 589 cm³/mol. The van der Waals surface area contributed by atoms with Crippen molar-refractivity contribution in [3.05, 3.63) is 240 Å². The van der Waals surface area contributed by atoms with E-state index < -0.39 is 0 Å². The van der Waals surface area contributed by atoms with Crippen molar-refractivity contribution in [1.82, 2.24) is 43.9 Å². The van der Waals surface area contributed by atoms with Crippen LogP contribution in [0.3, 0.4) is 0 Å². The number of furan rings is 1. The third-order valence-corrected chi connectivity index (χ3v) is 12.7. The molecule has 0 amide bonds. The highest BCUT2D eigenvalue weighted by molar-refractivity contribution is 7.17. The molecule has 0 fully saturated rings. The lowest BCUT2D eigenvalue weighted by Crippen LogP contribution is -1.93. The summed E-state index contributed by atoms with van der Waals surface area (Å²) in [7, 11) is 5.78. The molecule has 0 radical (unpaired) electrons. The molecule has 12 rings (SSSR count). The normalized spacial score (nSPS) is 10.1. The molecule has 0 atom stereocenters. The molecule has 0 saturated heterocycles. The Morgan fingerprint density at radius 3 is 0.762 bits per heavy atom. The van der Waals surface area contributed by atoms with Crippen molar-refractivity contribution in [2.75, 3.05) is 0 Å². The molecule has 0 spiro atoms. The first-order chi connectivity index (χ1) is 56.7. The summed E-state index contributed by atoms with van der Waals surface area (Å²) in [6, 6.07) is 36.5. The van der Waals surface area contributed by atoms with E-state index in [2.05, 4.69) is 439 Å². The third kappa shape index (κ3) is 234. The number of thiazole rings is 2. The Kier molecular flexibility index (Phi) is 94.1. The Hall–Kier alpha value is -6.27. The van der Waals surface area contributed by atoms with E-state index in [-0.39, 0.29) is 0 Å². The Bertz CT molecular complexity index is 3090. The summed E-state index contributed by atoms with van der Waals surface area (Å²) in [5, 5.41) is 24.4. The largest absolute Gasteiger partial charge is 0.470 e. The maximum Gasteiger partial charge on any atom is 0.100 e. The van der Waals surface area contributed by atoms with Gasteiger partial charge in [-0.2, -0.15) is 15.3 Å². The number of aromatic nitrogens is 9. The summed E-state index contributed by atoms with van der Waals surface area (Å²) in [4.78, 5) is 13.2. The smallest absolute Gasteiger partial charge is 0.100 e. The minimum absolute atomic E-state index is 0.500. The second-order valence-electron chi connectivity index (χ2n) is 45.8. The first-order valence-electron chi connectivity index (χ1n) is 44.7. The fourth-order valence-electron chi connectivity index (χ4n) is 4.52. The first kappa shape index (κ1) is 143. The quantitative estimate of drug-likeness (QED) is 0.162. The second-order valence-corrected chi connectivity index (χ2v) is 52.4. The monoisotopic (exact) mass is 1860 g/mol. The number of fused-ring (bicyclic) bond motifs is 1. The molecule has 0 bridgehead atoms. The van der Waals surface area contributed by atoms with E-state index in [0.29, 0.717) is 54.1 Å². The van der Waals surface area contributed by atoms with Crippen molar-refractivity contribution >= 4 is 78.1 Å². The number of aryl methyl sites for hydroxylation is 10. The van der Waals surface area contributed by atoms with Gasteiger partial charge in [-0.05, 0) is 208 Å². The SMILES string of the molecule is CC.CC(C)(C)C.CC(C)(C)C.CC(C)(C)C.CC(C)(C)C.CC(C)(C)C.CC(C)(C)C.CC(C)(C)C.CC(C)(C)C.CC(C)(C)C.CC(C)(C)C.CC(C)C.CCn1cccn1.Cc1ccco1.Cc1cccs1.Cc1cccs1.Cc1cccs1.Cc1cncs1.Cc1nccs1.Cn1cccc1.Cn1cccn1.Cn1cccn1.c1ccc2sccc2c1. The van der Waals surface area contributed by atoms with Gasteiger partial charge in [-0.25, -0.2) is 0 Å². The molecule has 0 saturated carbocycles. The van der Waals surface area contributed by atoms with Gasteiger partial charge in [0.2, 0.25) is 0 Å². The highest BCUT2D eigenvalue weighted by Gasteiger charge is 2.01. The second kappa shape index (κ2) is 83.1. The first-order valence-corrected chi connectivity index (χ1v) is 50.0. The van der Waals surface area contributed by atoms with Crippen LogP contribution in [0.15, 0.2) is 214 Å². The Labute approximate surface area is 808 Å². The van der Waals surface area contributed by atoms with Crippen molar-refractivity contribution in [1.29, 1.82) is 0 Å². The number of rotatable bonds is 1. The maximum absolute atomic E-state index is 4.83. The van der Waals surface area contributed by atoms with Crippen LogP contribution in [-0.2, 0) is 27.7 Å². The molecule has 12 aromatic rings. The van der Waals surface area contributed by atoms with Gasteiger partial charge in [-0.1, -0.05) is 348 Å². The molecule has 0 aliphatic carbocycles. The van der Waals surface area contributed by atoms with Gasteiger partial charge >= 0.3 is 0 Å². The van der Waals surface area contributed by atoms with Gasteiger partial charge in [0.15, 0.2) is 0 Å². The van der Waals surface area contributed by atoms with Crippen LogP contribution in [0.4, 0.5) is 0 Å². The summed E-state index contributed by atoms with van der Waals surface area (Å²) < 4.78 is 13.6. The zero-order chi connectivity index (χ0) is 101. The fourth-order valence-corrected chi connectivity index (χ4v) is 7.75. The zero-order valence-corrected chi connectivity index (χ0v) is 97.3. The van der Waals surface area contributed by atoms with Crippen LogP contribution in [-0.4, -0.2) is 43.9 Å². The zero-order valence-electron chi connectivity index (χ0n) is 92.4. The topological polar surface area (TPSA) is 97.3 Å². The molecule has 11 heterocycles. The van der Waals surface area contributed by atoms with Gasteiger partial charge in [0.1, 0.15) is 5.76 Å². The van der Waals surface area contributed by atoms with Gasteiger partial charge in [-0.15, -0.1) is 68.0 Å². The highest BCUT2D eigenvalue weighted by Crippen LogP contribution is 2.20. The third-order valence-electron chi connectivity index (χ3n) is 8.04. The molecule has 730 valence electrons. The lowest BCUT2D eigenvalue weighted by atomic mass is 10.0. The number of nitrogens with zero attached hydrogens (tertiary/aromatic N) is 9. The Balaban J connectivity index is -0.000000122. The molecular weight excluding hydrogens is 1660 g/mol. The number of hydrogen-bond acceptors (Lipinski definition) is 12. The molecule has 16 heteroatoms. The van der Waals surface area contributed by atoms with E-state index in [9.17, 15) is 0 Å². The van der Waals surface area contributed by atoms with Crippen molar-refractivity contribution in [2.45, 2.75) is 367 Å². The standard InChI is InChI=1S/C8H6S.C5H8N2.C5H7N.C5H6O.3C5H6S.10C5H12.2C4H6N2.2C4H5NS.C4H10.C2H6/c1-2-4-8-7(3-1)5-6-9-8;1-2-7-5-3-4-6-7;1-6-4-2-3-5-6;4*1-5-3-2-4-6-5;10*1-5(2,3)4;2*1-6-4-2-3-5-6;1-4-2-5-3-6-4;1-4-5-2-3-6-4;1-4(2)3;1-2/h1-6H;3-5H,2H2,1H3;2-5H,1H3;4*2-4H,1H3;10*1-4H3;2*2-4H,1H3;2*2-3H,1H3;4H,1-3H3;1-2H3. The summed E-state index contributed by atoms with van der Waals surface area (Å²) >= 11 is 10.5. The van der Waals surface area contributed by atoms with Crippen LogP contribution in [0.5, 0.6) is 0 Å². The van der Waals surface area contributed by atoms with Crippen LogP contribution in [0, 0.1) is 102 Å². The van der Waals surface area contributed by atoms with E-state index in [4.69, 9.17) is 4.42 Å². The van der Waals surface area contributed by atoms with Crippen LogP contribution in [0.1, 0.15) is 349 Å². The average Bonchev–Trinajstić information content (AvgIpc) is 1.74. The van der Waals surface area contributed by atoms with Crippen molar-refractivity contribution in [3.8, 4) is 0 Å².